The van der Waals surface area contributed by atoms with Gasteiger partial charge >= 0.3 is 0 Å². The topological polar surface area (TPSA) is 84.3 Å². The summed E-state index contributed by atoms with van der Waals surface area (Å²) in [5.41, 5.74) is 2.98. The van der Waals surface area contributed by atoms with Crippen molar-refractivity contribution >= 4 is 21.7 Å². The largest absolute Gasteiger partial charge is 0.296 e. The van der Waals surface area contributed by atoms with E-state index in [2.05, 4.69) is 9.82 Å². The van der Waals surface area contributed by atoms with Crippen LogP contribution >= 0.6 is 0 Å². The van der Waals surface area contributed by atoms with Crippen LogP contribution in [0.1, 0.15) is 29.7 Å². The van der Waals surface area contributed by atoms with E-state index in [9.17, 15) is 13.2 Å². The van der Waals surface area contributed by atoms with Crippen molar-refractivity contribution in [2.24, 2.45) is 7.05 Å². The number of fused-ring (bicyclic) bond motifs is 1. The fourth-order valence-electron chi connectivity index (χ4n) is 4.09. The first-order valence-corrected chi connectivity index (χ1v) is 10.8. The summed E-state index contributed by atoms with van der Waals surface area (Å²) in [5.74, 6) is 0.498. The van der Waals surface area contributed by atoms with Gasteiger partial charge < -0.3 is 0 Å². The zero-order valence-electron chi connectivity index (χ0n) is 15.6. The molecule has 4 rings (SSSR count). The van der Waals surface area contributed by atoms with Gasteiger partial charge in [0, 0.05) is 19.7 Å². The fourth-order valence-corrected chi connectivity index (χ4v) is 5.70. The van der Waals surface area contributed by atoms with E-state index in [0.29, 0.717) is 31.6 Å². The van der Waals surface area contributed by atoms with Gasteiger partial charge in [0.1, 0.15) is 11.9 Å². The average molecular weight is 388 g/mol. The van der Waals surface area contributed by atoms with E-state index >= 15 is 0 Å². The predicted octanol–water partition coefficient (Wildman–Crippen LogP) is 1.31. The van der Waals surface area contributed by atoms with E-state index in [1.54, 1.807) is 16.6 Å². The zero-order chi connectivity index (χ0) is 19.2. The van der Waals surface area contributed by atoms with Gasteiger partial charge in [0.2, 0.25) is 15.9 Å². The standard InChI is InChI=1S/C19H24N4O3S/c1-13-10-18(22(2)20-13)23-9-5-8-17(19(23)24)21-27(25,26)16-11-14-6-3-4-7-15(14)12-16/h3-4,6-7,10,16-17,21H,5,8-9,11-12H2,1-2H3/t17-/m1/s1. The Morgan fingerprint density at radius 3 is 2.44 bits per heavy atom. The van der Waals surface area contributed by atoms with Crippen LogP contribution in [-0.4, -0.2) is 41.9 Å². The van der Waals surface area contributed by atoms with Crippen LogP contribution in [0.3, 0.4) is 0 Å². The first-order valence-electron chi connectivity index (χ1n) is 9.25. The molecular formula is C19H24N4O3S. The summed E-state index contributed by atoms with van der Waals surface area (Å²) in [7, 11) is -1.80. The number of benzene rings is 1. The van der Waals surface area contributed by atoms with Gasteiger partial charge in [-0.1, -0.05) is 24.3 Å². The van der Waals surface area contributed by atoms with E-state index in [1.807, 2.05) is 37.3 Å². The monoisotopic (exact) mass is 388 g/mol. The molecule has 1 aliphatic heterocycles. The van der Waals surface area contributed by atoms with E-state index in [-0.39, 0.29) is 5.91 Å². The second-order valence-corrected chi connectivity index (χ2v) is 9.41. The molecule has 0 spiro atoms. The van der Waals surface area contributed by atoms with Crippen molar-refractivity contribution in [3.05, 3.63) is 47.2 Å². The third-order valence-electron chi connectivity index (χ3n) is 5.45. The second kappa shape index (κ2) is 6.76. The van der Waals surface area contributed by atoms with E-state index in [4.69, 9.17) is 0 Å². The number of carbonyl (C=O) groups is 1. The molecule has 8 heteroatoms. The van der Waals surface area contributed by atoms with Crippen molar-refractivity contribution in [1.82, 2.24) is 14.5 Å². The zero-order valence-corrected chi connectivity index (χ0v) is 16.4. The van der Waals surface area contributed by atoms with Crippen LogP contribution in [0.2, 0.25) is 0 Å². The van der Waals surface area contributed by atoms with E-state index in [0.717, 1.165) is 23.2 Å². The van der Waals surface area contributed by atoms with Crippen LogP contribution < -0.4 is 9.62 Å². The molecule has 1 fully saturated rings. The minimum absolute atomic E-state index is 0.205. The molecule has 2 aliphatic rings. The number of aromatic nitrogens is 2. The number of hydrogen-bond acceptors (Lipinski definition) is 4. The number of rotatable bonds is 4. The summed E-state index contributed by atoms with van der Waals surface area (Å²) in [5, 5.41) is 3.77. The Morgan fingerprint density at radius 2 is 1.85 bits per heavy atom. The lowest BCUT2D eigenvalue weighted by Gasteiger charge is -2.32. The molecule has 27 heavy (non-hydrogen) atoms. The molecule has 0 unspecified atom stereocenters. The Hall–Kier alpha value is -2.19. The van der Waals surface area contributed by atoms with Gasteiger partial charge in [0.15, 0.2) is 0 Å². The molecule has 1 atom stereocenters. The van der Waals surface area contributed by atoms with E-state index < -0.39 is 21.3 Å². The summed E-state index contributed by atoms with van der Waals surface area (Å²) in [6.07, 6.45) is 2.26. The molecule has 0 radical (unpaired) electrons. The molecule has 1 saturated heterocycles. The normalized spacial score (nSPS) is 20.9. The van der Waals surface area contributed by atoms with Crippen molar-refractivity contribution in [3.8, 4) is 0 Å². The number of amides is 1. The van der Waals surface area contributed by atoms with Crippen LogP contribution in [0.4, 0.5) is 5.82 Å². The van der Waals surface area contributed by atoms with Crippen molar-refractivity contribution in [1.29, 1.82) is 0 Å². The first-order chi connectivity index (χ1) is 12.8. The highest BCUT2D eigenvalue weighted by molar-refractivity contribution is 7.90. The second-order valence-electron chi connectivity index (χ2n) is 7.41. The predicted molar refractivity (Wildman–Crippen MR) is 103 cm³/mol. The highest BCUT2D eigenvalue weighted by Gasteiger charge is 2.38. The molecule has 144 valence electrons. The maximum atomic E-state index is 13.0. The van der Waals surface area contributed by atoms with Crippen LogP contribution in [0.25, 0.3) is 0 Å². The maximum absolute atomic E-state index is 13.0. The Kier molecular flexibility index (Phi) is 4.55. The number of piperidine rings is 1. The minimum Gasteiger partial charge on any atom is -0.296 e. The Morgan fingerprint density at radius 1 is 1.19 bits per heavy atom. The van der Waals surface area contributed by atoms with Gasteiger partial charge in [0.25, 0.3) is 0 Å². The summed E-state index contributed by atoms with van der Waals surface area (Å²) >= 11 is 0. The van der Waals surface area contributed by atoms with Gasteiger partial charge in [-0.2, -0.15) is 5.10 Å². The number of carbonyl (C=O) groups excluding carboxylic acids is 1. The third kappa shape index (κ3) is 3.39. The lowest BCUT2D eigenvalue weighted by atomic mass is 10.1. The first kappa shape index (κ1) is 18.2. The number of hydrogen-bond donors (Lipinski definition) is 1. The SMILES string of the molecule is Cc1cc(N2CCC[C@@H](NS(=O)(=O)C3Cc4ccccc4C3)C2=O)n(C)n1. The number of sulfonamides is 1. The lowest BCUT2D eigenvalue weighted by Crippen LogP contribution is -2.54. The molecule has 2 aromatic rings. The van der Waals surface area contributed by atoms with Gasteiger partial charge in [-0.05, 0) is 43.7 Å². The Balaban J connectivity index is 1.50. The van der Waals surface area contributed by atoms with Gasteiger partial charge in [-0.15, -0.1) is 0 Å². The molecule has 1 aromatic carbocycles. The summed E-state index contributed by atoms with van der Waals surface area (Å²) in [6.45, 7) is 2.45. The van der Waals surface area contributed by atoms with Crippen LogP contribution in [0, 0.1) is 6.92 Å². The van der Waals surface area contributed by atoms with Crippen LogP contribution in [-0.2, 0) is 34.7 Å². The van der Waals surface area contributed by atoms with Crippen molar-refractivity contribution in [3.63, 3.8) is 0 Å². The number of aryl methyl sites for hydroxylation is 2. The molecule has 2 heterocycles. The summed E-state index contributed by atoms with van der Waals surface area (Å²) in [6, 6.07) is 8.94. The summed E-state index contributed by atoms with van der Waals surface area (Å²) in [4.78, 5) is 14.6. The Labute approximate surface area is 159 Å². The highest BCUT2D eigenvalue weighted by Crippen LogP contribution is 2.27. The molecule has 0 saturated carbocycles. The molecule has 1 amide bonds. The molecule has 1 aromatic heterocycles. The maximum Gasteiger partial charge on any atom is 0.246 e. The fraction of sp³-hybridized carbons (Fsp3) is 0.474. The van der Waals surface area contributed by atoms with Crippen molar-refractivity contribution < 1.29 is 13.2 Å². The number of anilines is 1. The van der Waals surface area contributed by atoms with Gasteiger partial charge in [-0.25, -0.2) is 13.1 Å². The van der Waals surface area contributed by atoms with Gasteiger partial charge in [-0.3, -0.25) is 14.4 Å². The smallest absolute Gasteiger partial charge is 0.246 e. The average Bonchev–Trinajstić information content (AvgIpc) is 3.20. The molecular weight excluding hydrogens is 364 g/mol. The Bertz CT molecular complexity index is 958. The lowest BCUT2D eigenvalue weighted by molar-refractivity contribution is -0.121. The third-order valence-corrected chi connectivity index (χ3v) is 7.28. The summed E-state index contributed by atoms with van der Waals surface area (Å²) < 4.78 is 30.2. The highest BCUT2D eigenvalue weighted by atomic mass is 32.2. The van der Waals surface area contributed by atoms with Gasteiger partial charge in [0.05, 0.1) is 10.9 Å². The molecule has 0 bridgehead atoms. The van der Waals surface area contributed by atoms with Crippen LogP contribution in [0.5, 0.6) is 0 Å². The molecule has 1 N–H and O–H groups in total. The van der Waals surface area contributed by atoms with Crippen molar-refractivity contribution in [2.45, 2.75) is 43.9 Å². The molecule has 7 nitrogen and oxygen atoms in total. The quantitative estimate of drug-likeness (QED) is 0.856. The van der Waals surface area contributed by atoms with E-state index in [1.165, 1.54) is 0 Å². The minimum atomic E-state index is -3.59. The number of nitrogens with one attached hydrogen (secondary N) is 1. The van der Waals surface area contributed by atoms with Crippen molar-refractivity contribution in [2.75, 3.05) is 11.4 Å². The van der Waals surface area contributed by atoms with Crippen LogP contribution in [0.15, 0.2) is 30.3 Å². The molecule has 1 aliphatic carbocycles. The number of nitrogens with zero attached hydrogens (tertiary/aromatic N) is 3.